The molecule has 0 saturated carbocycles. The number of piperidine rings is 1. The van der Waals surface area contributed by atoms with Crippen LogP contribution >= 0.6 is 12.4 Å². The highest BCUT2D eigenvalue weighted by Crippen LogP contribution is 2.28. The Labute approximate surface area is 226 Å². The summed E-state index contributed by atoms with van der Waals surface area (Å²) in [5, 5.41) is 2.95. The van der Waals surface area contributed by atoms with Crippen molar-refractivity contribution in [2.45, 2.75) is 46.0 Å². The molecule has 0 unspecified atom stereocenters. The highest BCUT2D eigenvalue weighted by Gasteiger charge is 2.28. The molecular formula is C29H39ClN4O3. The summed E-state index contributed by atoms with van der Waals surface area (Å²) in [5.74, 6) is 0.300. The molecule has 200 valence electrons. The minimum atomic E-state index is -0.162. The maximum atomic E-state index is 13.3. The highest BCUT2D eigenvalue weighted by molar-refractivity contribution is 6.07. The van der Waals surface area contributed by atoms with Gasteiger partial charge in [0.25, 0.3) is 5.91 Å². The number of likely N-dealkylation sites (tertiary alicyclic amines) is 1. The zero-order chi connectivity index (χ0) is 25.5. The maximum Gasteiger partial charge on any atom is 0.321 e. The lowest BCUT2D eigenvalue weighted by atomic mass is 9.92. The molecule has 0 bridgehead atoms. The quantitative estimate of drug-likeness (QED) is 0.535. The van der Waals surface area contributed by atoms with Gasteiger partial charge >= 0.3 is 6.03 Å². The van der Waals surface area contributed by atoms with Crippen LogP contribution in [0.4, 0.5) is 16.2 Å². The Kier molecular flexibility index (Phi) is 10.5. The summed E-state index contributed by atoms with van der Waals surface area (Å²) in [4.78, 5) is 44.5. The lowest BCUT2D eigenvalue weighted by Gasteiger charge is -2.32. The number of hydrogen-bond acceptors (Lipinski definition) is 4. The number of rotatable bonds is 7. The van der Waals surface area contributed by atoms with E-state index in [1.165, 1.54) is 5.56 Å². The van der Waals surface area contributed by atoms with Gasteiger partial charge in [0.2, 0.25) is 0 Å². The van der Waals surface area contributed by atoms with Gasteiger partial charge in [-0.3, -0.25) is 14.5 Å². The maximum absolute atomic E-state index is 13.3. The minimum Gasteiger partial charge on any atom is -0.324 e. The summed E-state index contributed by atoms with van der Waals surface area (Å²) < 4.78 is 0. The number of fused-ring (bicyclic) bond motifs is 1. The average Bonchev–Trinajstić information content (AvgIpc) is 3.14. The summed E-state index contributed by atoms with van der Waals surface area (Å²) in [5.41, 5.74) is 3.48. The van der Waals surface area contributed by atoms with Gasteiger partial charge in [-0.1, -0.05) is 32.0 Å². The SMILES string of the molecule is CCN(CC)CC(=O)C1CCN(C(=O)Nc2ccc(C(=O)N3CCCCc4ccccc43)cc2)CC1.Cl. The van der Waals surface area contributed by atoms with E-state index in [4.69, 9.17) is 0 Å². The monoisotopic (exact) mass is 526 g/mol. The molecule has 0 aromatic heterocycles. The van der Waals surface area contributed by atoms with Crippen molar-refractivity contribution < 1.29 is 14.4 Å². The van der Waals surface area contributed by atoms with Crippen molar-refractivity contribution in [1.82, 2.24) is 9.80 Å². The first-order valence-electron chi connectivity index (χ1n) is 13.3. The number of carbonyl (C=O) groups excluding carboxylic acids is 3. The number of Topliss-reactive ketones (excluding diaryl/α,β-unsaturated/α-hetero) is 1. The molecule has 4 rings (SSSR count). The Balaban J connectivity index is 0.00000380. The zero-order valence-corrected chi connectivity index (χ0v) is 22.8. The van der Waals surface area contributed by atoms with E-state index < -0.39 is 0 Å². The van der Waals surface area contributed by atoms with Crippen LogP contribution in [0.3, 0.4) is 0 Å². The van der Waals surface area contributed by atoms with Crippen LogP contribution in [0, 0.1) is 5.92 Å². The number of benzene rings is 2. The predicted molar refractivity (Wildman–Crippen MR) is 151 cm³/mol. The molecule has 7 nitrogen and oxygen atoms in total. The second-order valence-electron chi connectivity index (χ2n) is 9.74. The number of aryl methyl sites for hydroxylation is 1. The number of nitrogens with zero attached hydrogens (tertiary/aromatic N) is 3. The molecule has 3 amide bonds. The predicted octanol–water partition coefficient (Wildman–Crippen LogP) is 5.25. The highest BCUT2D eigenvalue weighted by atomic mass is 35.5. The van der Waals surface area contributed by atoms with Crippen LogP contribution in [0.1, 0.15) is 55.5 Å². The summed E-state index contributed by atoms with van der Waals surface area (Å²) in [7, 11) is 0. The molecule has 2 heterocycles. The summed E-state index contributed by atoms with van der Waals surface area (Å²) in [6.45, 7) is 8.25. The van der Waals surface area contributed by atoms with E-state index in [1.54, 1.807) is 29.2 Å². The van der Waals surface area contributed by atoms with Gasteiger partial charge in [-0.05, 0) is 81.1 Å². The van der Waals surface area contributed by atoms with Crippen LogP contribution in [0.15, 0.2) is 48.5 Å². The normalized spacial score (nSPS) is 16.0. The van der Waals surface area contributed by atoms with Gasteiger partial charge in [0.15, 0.2) is 0 Å². The number of nitrogens with one attached hydrogen (secondary N) is 1. The zero-order valence-electron chi connectivity index (χ0n) is 21.9. The van der Waals surface area contributed by atoms with Gasteiger partial charge in [-0.2, -0.15) is 0 Å². The van der Waals surface area contributed by atoms with Crippen molar-refractivity contribution in [3.05, 3.63) is 59.7 Å². The molecule has 2 aromatic rings. The number of amides is 3. The fourth-order valence-electron chi connectivity index (χ4n) is 5.16. The molecule has 0 atom stereocenters. The molecule has 0 radical (unpaired) electrons. The number of urea groups is 1. The Morgan fingerprint density at radius 1 is 0.919 bits per heavy atom. The molecule has 1 N–H and O–H groups in total. The van der Waals surface area contributed by atoms with Gasteiger partial charge in [0, 0.05) is 42.5 Å². The molecule has 2 aliphatic rings. The fraction of sp³-hybridized carbons (Fsp3) is 0.483. The first kappa shape index (κ1) is 28.7. The van der Waals surface area contributed by atoms with E-state index in [-0.39, 0.29) is 36.0 Å². The van der Waals surface area contributed by atoms with Gasteiger partial charge in [-0.25, -0.2) is 4.79 Å². The number of ketones is 1. The Bertz CT molecular complexity index is 1060. The number of halogens is 1. The van der Waals surface area contributed by atoms with Crippen molar-refractivity contribution in [2.24, 2.45) is 5.92 Å². The minimum absolute atomic E-state index is 0. The van der Waals surface area contributed by atoms with Gasteiger partial charge < -0.3 is 15.1 Å². The molecule has 1 saturated heterocycles. The molecule has 0 spiro atoms. The average molecular weight is 527 g/mol. The second kappa shape index (κ2) is 13.6. The molecule has 8 heteroatoms. The fourth-order valence-corrected chi connectivity index (χ4v) is 5.16. The van der Waals surface area contributed by atoms with E-state index in [9.17, 15) is 14.4 Å². The summed E-state index contributed by atoms with van der Waals surface area (Å²) in [6, 6.07) is 15.1. The van der Waals surface area contributed by atoms with E-state index in [1.807, 2.05) is 23.1 Å². The Morgan fingerprint density at radius 3 is 2.27 bits per heavy atom. The molecule has 37 heavy (non-hydrogen) atoms. The van der Waals surface area contributed by atoms with E-state index in [2.05, 4.69) is 30.1 Å². The van der Waals surface area contributed by atoms with Gasteiger partial charge in [0.1, 0.15) is 5.78 Å². The van der Waals surface area contributed by atoms with Crippen LogP contribution < -0.4 is 10.2 Å². The van der Waals surface area contributed by atoms with Crippen molar-refractivity contribution in [3.8, 4) is 0 Å². The van der Waals surface area contributed by atoms with E-state index in [0.29, 0.717) is 50.3 Å². The molecule has 0 aliphatic carbocycles. The molecule has 2 aromatic carbocycles. The topological polar surface area (TPSA) is 73.0 Å². The van der Waals surface area contributed by atoms with Crippen molar-refractivity contribution >= 4 is 41.5 Å². The second-order valence-corrected chi connectivity index (χ2v) is 9.74. The van der Waals surface area contributed by atoms with E-state index >= 15 is 0 Å². The van der Waals surface area contributed by atoms with Crippen LogP contribution in [0.5, 0.6) is 0 Å². The lowest BCUT2D eigenvalue weighted by molar-refractivity contribution is -0.125. The van der Waals surface area contributed by atoms with Crippen molar-refractivity contribution in [2.75, 3.05) is 49.5 Å². The Morgan fingerprint density at radius 2 is 1.59 bits per heavy atom. The van der Waals surface area contributed by atoms with Crippen LogP contribution in [-0.2, 0) is 11.2 Å². The number of para-hydroxylation sites is 1. The number of carbonyl (C=O) groups is 3. The van der Waals surface area contributed by atoms with Crippen LogP contribution in [-0.4, -0.2) is 66.8 Å². The third-order valence-electron chi connectivity index (χ3n) is 7.50. The third kappa shape index (κ3) is 7.11. The van der Waals surface area contributed by atoms with Gasteiger partial charge in [-0.15, -0.1) is 12.4 Å². The largest absolute Gasteiger partial charge is 0.324 e. The number of hydrogen-bond donors (Lipinski definition) is 1. The molecule has 1 fully saturated rings. The Hall–Kier alpha value is -2.90. The van der Waals surface area contributed by atoms with Crippen molar-refractivity contribution in [3.63, 3.8) is 0 Å². The molecular weight excluding hydrogens is 488 g/mol. The third-order valence-corrected chi connectivity index (χ3v) is 7.50. The van der Waals surface area contributed by atoms with Crippen LogP contribution in [0.25, 0.3) is 0 Å². The van der Waals surface area contributed by atoms with Crippen LogP contribution in [0.2, 0.25) is 0 Å². The summed E-state index contributed by atoms with van der Waals surface area (Å²) >= 11 is 0. The smallest absolute Gasteiger partial charge is 0.321 e. The van der Waals surface area contributed by atoms with Crippen molar-refractivity contribution in [1.29, 1.82) is 0 Å². The molecule has 2 aliphatic heterocycles. The van der Waals surface area contributed by atoms with E-state index in [0.717, 1.165) is 38.0 Å². The lowest BCUT2D eigenvalue weighted by Crippen LogP contribution is -2.44. The van der Waals surface area contributed by atoms with Gasteiger partial charge in [0.05, 0.1) is 6.54 Å². The first-order chi connectivity index (χ1) is 17.5. The summed E-state index contributed by atoms with van der Waals surface area (Å²) in [6.07, 6.45) is 4.46. The standard InChI is InChI=1S/C29H38N4O3.ClH/c1-3-31(4-2)21-27(34)23-16-19-32(20-17-23)29(36)30-25-14-12-24(13-15-25)28(35)33-18-8-7-10-22-9-5-6-11-26(22)33;/h5-6,9,11-15,23H,3-4,7-8,10,16-21H2,1-2H3,(H,30,36);1H. The number of likely N-dealkylation sites (N-methyl/N-ethyl adjacent to an activating group) is 1. The number of anilines is 2. The first-order valence-corrected chi connectivity index (χ1v) is 13.3.